The summed E-state index contributed by atoms with van der Waals surface area (Å²) in [6.45, 7) is 9.53. The lowest BCUT2D eigenvalue weighted by Crippen LogP contribution is -2.19. The molecule has 0 aliphatic rings. The second-order valence-corrected chi connectivity index (χ2v) is 5.52. The lowest BCUT2D eigenvalue weighted by atomic mass is 10.1. The molecule has 0 saturated heterocycles. The fraction of sp³-hybridized carbons (Fsp3) is 0.500. The molecule has 2 rings (SSSR count). The number of nitrogens with zero attached hydrogens (tertiary/aromatic N) is 3. The van der Waals surface area contributed by atoms with Gasteiger partial charge in [0, 0.05) is 36.0 Å². The third kappa shape index (κ3) is 3.24. The van der Waals surface area contributed by atoms with Gasteiger partial charge in [0.25, 0.3) is 0 Å². The van der Waals surface area contributed by atoms with E-state index in [0.29, 0.717) is 0 Å². The molecule has 0 aromatic carbocycles. The summed E-state index contributed by atoms with van der Waals surface area (Å²) in [7, 11) is 3.77. The molecule has 114 valence electrons. The summed E-state index contributed by atoms with van der Waals surface area (Å²) in [6.07, 6.45) is 1.87. The Morgan fingerprint density at radius 1 is 1.19 bits per heavy atom. The van der Waals surface area contributed by atoms with E-state index < -0.39 is 0 Å². The van der Waals surface area contributed by atoms with E-state index >= 15 is 0 Å². The van der Waals surface area contributed by atoms with Gasteiger partial charge in [-0.1, -0.05) is 5.16 Å². The number of methoxy groups -OCH3 is 1. The van der Waals surface area contributed by atoms with Gasteiger partial charge in [0.05, 0.1) is 18.5 Å². The van der Waals surface area contributed by atoms with Gasteiger partial charge in [-0.05, 0) is 34.7 Å². The van der Waals surface area contributed by atoms with E-state index in [-0.39, 0.29) is 0 Å². The summed E-state index contributed by atoms with van der Waals surface area (Å²) in [6, 6.07) is 0. The molecule has 0 fully saturated rings. The van der Waals surface area contributed by atoms with Crippen LogP contribution in [0.15, 0.2) is 10.7 Å². The lowest BCUT2D eigenvalue weighted by Gasteiger charge is -2.19. The van der Waals surface area contributed by atoms with Crippen molar-refractivity contribution in [3.63, 3.8) is 0 Å². The van der Waals surface area contributed by atoms with Crippen LogP contribution in [0.3, 0.4) is 0 Å². The van der Waals surface area contributed by atoms with Gasteiger partial charge < -0.3 is 9.26 Å². The zero-order chi connectivity index (χ0) is 15.6. The molecule has 0 aliphatic heterocycles. The van der Waals surface area contributed by atoms with Crippen LogP contribution < -0.4 is 4.74 Å². The van der Waals surface area contributed by atoms with Gasteiger partial charge in [-0.2, -0.15) is 0 Å². The highest BCUT2D eigenvalue weighted by atomic mass is 16.5. The van der Waals surface area contributed by atoms with Gasteiger partial charge in [0.15, 0.2) is 0 Å². The topological polar surface area (TPSA) is 51.4 Å². The van der Waals surface area contributed by atoms with E-state index in [1.54, 1.807) is 7.11 Å². The first kappa shape index (κ1) is 15.5. The minimum atomic E-state index is 0.756. The fourth-order valence-corrected chi connectivity index (χ4v) is 2.54. The second-order valence-electron chi connectivity index (χ2n) is 5.52. The van der Waals surface area contributed by atoms with Gasteiger partial charge >= 0.3 is 0 Å². The Bertz CT molecular complexity index is 615. The first-order valence-corrected chi connectivity index (χ1v) is 7.03. The largest absolute Gasteiger partial charge is 0.496 e. The highest BCUT2D eigenvalue weighted by molar-refractivity contribution is 5.41. The molecule has 0 aliphatic carbocycles. The van der Waals surface area contributed by atoms with Crippen molar-refractivity contribution in [3.05, 3.63) is 40.0 Å². The standard InChI is InChI=1S/C16H23N3O2/c1-10-7-17-15(11(2)16(10)20-6)9-19(5)8-14-12(3)18-21-13(14)4/h7H,8-9H2,1-6H3. The van der Waals surface area contributed by atoms with Crippen LogP contribution in [0.25, 0.3) is 0 Å². The minimum absolute atomic E-state index is 0.756. The smallest absolute Gasteiger partial charge is 0.138 e. The number of pyridine rings is 1. The zero-order valence-corrected chi connectivity index (χ0v) is 13.6. The molecule has 0 atom stereocenters. The fourth-order valence-electron chi connectivity index (χ4n) is 2.54. The summed E-state index contributed by atoms with van der Waals surface area (Å²) < 4.78 is 10.7. The van der Waals surface area contributed by atoms with E-state index in [2.05, 4.69) is 29.0 Å². The number of rotatable bonds is 5. The van der Waals surface area contributed by atoms with Crippen LogP contribution in [0, 0.1) is 27.7 Å². The van der Waals surface area contributed by atoms with Crippen molar-refractivity contribution in [1.29, 1.82) is 0 Å². The van der Waals surface area contributed by atoms with Gasteiger partial charge in [-0.25, -0.2) is 0 Å². The van der Waals surface area contributed by atoms with Crippen molar-refractivity contribution in [1.82, 2.24) is 15.0 Å². The Morgan fingerprint density at radius 3 is 2.48 bits per heavy atom. The number of ether oxygens (including phenoxy) is 1. The molecule has 2 heterocycles. The van der Waals surface area contributed by atoms with Crippen molar-refractivity contribution in [2.75, 3.05) is 14.2 Å². The molecule has 0 bridgehead atoms. The van der Waals surface area contributed by atoms with Crippen molar-refractivity contribution in [2.24, 2.45) is 0 Å². The molecule has 2 aromatic rings. The predicted octanol–water partition coefficient (Wildman–Crippen LogP) is 2.94. The van der Waals surface area contributed by atoms with Crippen LogP contribution in [-0.2, 0) is 13.1 Å². The van der Waals surface area contributed by atoms with Crippen molar-refractivity contribution < 1.29 is 9.26 Å². The molecule has 0 spiro atoms. The average Bonchev–Trinajstić information content (AvgIpc) is 2.74. The van der Waals surface area contributed by atoms with Gasteiger partial charge in [0.2, 0.25) is 0 Å². The number of aromatic nitrogens is 2. The van der Waals surface area contributed by atoms with Crippen LogP contribution in [0.4, 0.5) is 0 Å². The summed E-state index contributed by atoms with van der Waals surface area (Å²) in [5, 5.41) is 4.00. The van der Waals surface area contributed by atoms with Gasteiger partial charge in [-0.3, -0.25) is 9.88 Å². The van der Waals surface area contributed by atoms with E-state index in [0.717, 1.165) is 52.7 Å². The highest BCUT2D eigenvalue weighted by Crippen LogP contribution is 2.25. The monoisotopic (exact) mass is 289 g/mol. The SMILES string of the molecule is COc1c(C)cnc(CN(C)Cc2c(C)noc2C)c1C. The van der Waals surface area contributed by atoms with Crippen molar-refractivity contribution in [3.8, 4) is 5.75 Å². The molecular formula is C16H23N3O2. The summed E-state index contributed by atoms with van der Waals surface area (Å²) >= 11 is 0. The Hall–Kier alpha value is -1.88. The van der Waals surface area contributed by atoms with Crippen LogP contribution in [0.2, 0.25) is 0 Å². The van der Waals surface area contributed by atoms with Gasteiger partial charge in [0.1, 0.15) is 11.5 Å². The van der Waals surface area contributed by atoms with Crippen molar-refractivity contribution in [2.45, 2.75) is 40.8 Å². The molecule has 2 aromatic heterocycles. The first-order chi connectivity index (χ1) is 9.93. The minimum Gasteiger partial charge on any atom is -0.496 e. The maximum Gasteiger partial charge on any atom is 0.138 e. The number of hydrogen-bond acceptors (Lipinski definition) is 5. The van der Waals surface area contributed by atoms with Crippen LogP contribution in [0.1, 0.15) is 33.8 Å². The molecular weight excluding hydrogens is 266 g/mol. The van der Waals surface area contributed by atoms with E-state index in [9.17, 15) is 0 Å². The Labute approximate surface area is 125 Å². The third-order valence-electron chi connectivity index (χ3n) is 3.78. The van der Waals surface area contributed by atoms with Gasteiger partial charge in [-0.15, -0.1) is 0 Å². The molecule has 0 unspecified atom stereocenters. The molecule has 0 saturated carbocycles. The summed E-state index contributed by atoms with van der Waals surface area (Å²) in [4.78, 5) is 6.74. The van der Waals surface area contributed by atoms with E-state index in [4.69, 9.17) is 9.26 Å². The van der Waals surface area contributed by atoms with Crippen LogP contribution in [-0.4, -0.2) is 29.2 Å². The maximum atomic E-state index is 5.46. The zero-order valence-electron chi connectivity index (χ0n) is 13.6. The normalized spacial score (nSPS) is 11.2. The average molecular weight is 289 g/mol. The van der Waals surface area contributed by atoms with Crippen molar-refractivity contribution >= 4 is 0 Å². The highest BCUT2D eigenvalue weighted by Gasteiger charge is 2.14. The predicted molar refractivity (Wildman–Crippen MR) is 81.4 cm³/mol. The van der Waals surface area contributed by atoms with Crippen LogP contribution in [0.5, 0.6) is 5.75 Å². The number of aryl methyl sites for hydroxylation is 3. The second kappa shape index (κ2) is 6.26. The third-order valence-corrected chi connectivity index (χ3v) is 3.78. The lowest BCUT2D eigenvalue weighted by molar-refractivity contribution is 0.309. The molecule has 0 N–H and O–H groups in total. The van der Waals surface area contributed by atoms with Crippen LogP contribution >= 0.6 is 0 Å². The molecule has 21 heavy (non-hydrogen) atoms. The summed E-state index contributed by atoms with van der Waals surface area (Å²) in [5.74, 6) is 1.80. The van der Waals surface area contributed by atoms with E-state index in [1.165, 1.54) is 0 Å². The Kier molecular flexibility index (Phi) is 4.63. The quantitative estimate of drug-likeness (QED) is 0.847. The molecule has 5 nitrogen and oxygen atoms in total. The Balaban J connectivity index is 2.15. The molecule has 0 radical (unpaired) electrons. The Morgan fingerprint density at radius 2 is 1.90 bits per heavy atom. The van der Waals surface area contributed by atoms with E-state index in [1.807, 2.05) is 27.0 Å². The molecule has 0 amide bonds. The first-order valence-electron chi connectivity index (χ1n) is 7.03. The number of hydrogen-bond donors (Lipinski definition) is 0. The summed E-state index contributed by atoms with van der Waals surface area (Å²) in [5.41, 5.74) is 5.29. The molecule has 5 heteroatoms. The maximum absolute atomic E-state index is 5.46.